The Morgan fingerprint density at radius 2 is 2.24 bits per heavy atom. The molecule has 2 aromatic rings. The lowest BCUT2D eigenvalue weighted by atomic mass is 10.1. The molecule has 1 aromatic carbocycles. The molecule has 0 radical (unpaired) electrons. The van der Waals surface area contributed by atoms with E-state index in [1.807, 2.05) is 24.3 Å². The summed E-state index contributed by atoms with van der Waals surface area (Å²) in [6, 6.07) is 7.91. The summed E-state index contributed by atoms with van der Waals surface area (Å²) >= 11 is 1.29. The Morgan fingerprint density at radius 1 is 1.47 bits per heavy atom. The van der Waals surface area contributed by atoms with Crippen molar-refractivity contribution in [1.82, 2.24) is 4.98 Å². The van der Waals surface area contributed by atoms with Crippen LogP contribution in [0, 0.1) is 0 Å². The third-order valence-electron chi connectivity index (χ3n) is 2.36. The molecule has 17 heavy (non-hydrogen) atoms. The van der Waals surface area contributed by atoms with E-state index in [4.69, 9.17) is 5.11 Å². The van der Waals surface area contributed by atoms with Crippen molar-refractivity contribution >= 4 is 28.1 Å². The number of carboxylic acid groups (broad SMARTS) is 1. The first-order valence-corrected chi connectivity index (χ1v) is 6.12. The molecule has 1 heterocycles. The zero-order chi connectivity index (χ0) is 12.3. The van der Waals surface area contributed by atoms with Crippen molar-refractivity contribution in [3.05, 3.63) is 40.9 Å². The van der Waals surface area contributed by atoms with Crippen LogP contribution in [0.2, 0.25) is 0 Å². The lowest BCUT2D eigenvalue weighted by Gasteiger charge is -2.07. The van der Waals surface area contributed by atoms with Gasteiger partial charge < -0.3 is 10.4 Å². The molecule has 0 saturated heterocycles. The van der Waals surface area contributed by atoms with Crippen LogP contribution >= 0.6 is 11.3 Å². The number of aromatic carboxylic acids is 1. The number of thiazole rings is 1. The van der Waals surface area contributed by atoms with Gasteiger partial charge in [-0.05, 0) is 18.1 Å². The number of nitrogens with zero attached hydrogens (tertiary/aromatic N) is 1. The molecule has 0 unspecified atom stereocenters. The molecule has 5 heteroatoms. The number of benzene rings is 1. The second-order valence-electron chi connectivity index (χ2n) is 3.48. The number of carbonyl (C=O) groups is 1. The Morgan fingerprint density at radius 3 is 2.88 bits per heavy atom. The van der Waals surface area contributed by atoms with E-state index in [9.17, 15) is 4.79 Å². The molecule has 4 nitrogen and oxygen atoms in total. The fourth-order valence-corrected chi connectivity index (χ4v) is 2.19. The van der Waals surface area contributed by atoms with Crippen LogP contribution in [0.3, 0.4) is 0 Å². The van der Waals surface area contributed by atoms with Gasteiger partial charge in [0.25, 0.3) is 0 Å². The van der Waals surface area contributed by atoms with Crippen molar-refractivity contribution in [1.29, 1.82) is 0 Å². The summed E-state index contributed by atoms with van der Waals surface area (Å²) in [6.07, 6.45) is 0.917. The predicted octanol–water partition coefficient (Wildman–Crippen LogP) is 3.15. The smallest absolute Gasteiger partial charge is 0.355 e. The average molecular weight is 248 g/mol. The van der Waals surface area contributed by atoms with Gasteiger partial charge in [-0.15, -0.1) is 11.3 Å². The molecule has 0 saturated carbocycles. The second kappa shape index (κ2) is 4.97. The molecule has 0 aliphatic carbocycles. The number of aryl methyl sites for hydroxylation is 1. The molecule has 1 aromatic heterocycles. The number of hydrogen-bond donors (Lipinski definition) is 2. The van der Waals surface area contributed by atoms with E-state index in [-0.39, 0.29) is 5.69 Å². The normalized spacial score (nSPS) is 10.2. The molecule has 0 amide bonds. The first-order chi connectivity index (χ1) is 8.20. The highest BCUT2D eigenvalue weighted by molar-refractivity contribution is 7.14. The van der Waals surface area contributed by atoms with Gasteiger partial charge in [0, 0.05) is 11.1 Å². The maximum atomic E-state index is 10.7. The van der Waals surface area contributed by atoms with Gasteiger partial charge in [0.2, 0.25) is 0 Å². The summed E-state index contributed by atoms with van der Waals surface area (Å²) in [7, 11) is 0. The van der Waals surface area contributed by atoms with Crippen molar-refractivity contribution in [2.24, 2.45) is 0 Å². The van der Waals surface area contributed by atoms with E-state index < -0.39 is 5.97 Å². The Labute approximate surface area is 103 Å². The molecule has 0 aliphatic rings. The summed E-state index contributed by atoms with van der Waals surface area (Å²) in [6.45, 7) is 2.07. The SMILES string of the molecule is CCc1ccccc1Nc1nc(C(=O)O)cs1. The van der Waals surface area contributed by atoms with E-state index >= 15 is 0 Å². The van der Waals surface area contributed by atoms with Crippen LogP contribution in [0.25, 0.3) is 0 Å². The van der Waals surface area contributed by atoms with Gasteiger partial charge in [-0.2, -0.15) is 0 Å². The number of nitrogens with one attached hydrogen (secondary N) is 1. The van der Waals surface area contributed by atoms with Gasteiger partial charge in [-0.1, -0.05) is 25.1 Å². The standard InChI is InChI=1S/C12H12N2O2S/c1-2-8-5-3-4-6-9(8)13-12-14-10(7-17-12)11(15)16/h3-7H,2H2,1H3,(H,13,14)(H,15,16). The fraction of sp³-hybridized carbons (Fsp3) is 0.167. The quantitative estimate of drug-likeness (QED) is 0.872. The third-order valence-corrected chi connectivity index (χ3v) is 3.12. The number of hydrogen-bond acceptors (Lipinski definition) is 4. The number of para-hydroxylation sites is 1. The average Bonchev–Trinajstić information content (AvgIpc) is 2.78. The Kier molecular flexibility index (Phi) is 3.39. The predicted molar refractivity (Wildman–Crippen MR) is 68.2 cm³/mol. The maximum absolute atomic E-state index is 10.7. The van der Waals surface area contributed by atoms with Gasteiger partial charge in [-0.3, -0.25) is 0 Å². The number of carboxylic acids is 1. The number of anilines is 2. The van der Waals surface area contributed by atoms with Crippen LogP contribution in [0.1, 0.15) is 23.0 Å². The Hall–Kier alpha value is -1.88. The lowest BCUT2D eigenvalue weighted by Crippen LogP contribution is -1.98. The summed E-state index contributed by atoms with van der Waals surface area (Å²) in [5.74, 6) is -1.00. The highest BCUT2D eigenvalue weighted by atomic mass is 32.1. The van der Waals surface area contributed by atoms with Gasteiger partial charge in [0.05, 0.1) is 0 Å². The summed E-state index contributed by atoms with van der Waals surface area (Å²) in [5, 5.41) is 14.1. The van der Waals surface area contributed by atoms with Crippen LogP contribution in [-0.2, 0) is 6.42 Å². The van der Waals surface area contributed by atoms with E-state index in [0.29, 0.717) is 5.13 Å². The maximum Gasteiger partial charge on any atom is 0.355 e. The molecule has 0 fully saturated rings. The van der Waals surface area contributed by atoms with E-state index in [1.165, 1.54) is 22.3 Å². The van der Waals surface area contributed by atoms with Crippen LogP contribution in [0.5, 0.6) is 0 Å². The van der Waals surface area contributed by atoms with Gasteiger partial charge in [0.1, 0.15) is 0 Å². The molecule has 88 valence electrons. The topological polar surface area (TPSA) is 62.2 Å². The van der Waals surface area contributed by atoms with Crippen molar-refractivity contribution < 1.29 is 9.90 Å². The lowest BCUT2D eigenvalue weighted by molar-refractivity contribution is 0.0691. The third kappa shape index (κ3) is 2.62. The monoisotopic (exact) mass is 248 g/mol. The zero-order valence-corrected chi connectivity index (χ0v) is 10.1. The van der Waals surface area contributed by atoms with Gasteiger partial charge >= 0.3 is 5.97 Å². The number of aromatic nitrogens is 1. The molecule has 0 atom stereocenters. The molecule has 0 aliphatic heterocycles. The largest absolute Gasteiger partial charge is 0.476 e. The Balaban J connectivity index is 2.22. The van der Waals surface area contributed by atoms with Crippen molar-refractivity contribution in [3.63, 3.8) is 0 Å². The summed E-state index contributed by atoms with van der Waals surface area (Å²) < 4.78 is 0. The van der Waals surface area contributed by atoms with Crippen LogP contribution in [0.4, 0.5) is 10.8 Å². The Bertz CT molecular complexity index is 537. The summed E-state index contributed by atoms with van der Waals surface area (Å²) in [5.41, 5.74) is 2.23. The first kappa shape index (κ1) is 11.6. The highest BCUT2D eigenvalue weighted by Crippen LogP contribution is 2.23. The van der Waals surface area contributed by atoms with Crippen LogP contribution < -0.4 is 5.32 Å². The van der Waals surface area contributed by atoms with Crippen LogP contribution in [-0.4, -0.2) is 16.1 Å². The minimum Gasteiger partial charge on any atom is -0.476 e. The second-order valence-corrected chi connectivity index (χ2v) is 4.34. The molecular weight excluding hydrogens is 236 g/mol. The molecule has 0 bridgehead atoms. The van der Waals surface area contributed by atoms with E-state index in [2.05, 4.69) is 17.2 Å². The fourth-order valence-electron chi connectivity index (χ4n) is 1.50. The summed E-state index contributed by atoms with van der Waals surface area (Å²) in [4.78, 5) is 14.7. The minimum atomic E-state index is -1.00. The van der Waals surface area contributed by atoms with Gasteiger partial charge in [-0.25, -0.2) is 9.78 Å². The number of rotatable bonds is 4. The van der Waals surface area contributed by atoms with Crippen molar-refractivity contribution in [2.45, 2.75) is 13.3 Å². The van der Waals surface area contributed by atoms with Gasteiger partial charge in [0.15, 0.2) is 10.8 Å². The van der Waals surface area contributed by atoms with Crippen molar-refractivity contribution in [3.8, 4) is 0 Å². The van der Waals surface area contributed by atoms with E-state index in [1.54, 1.807) is 0 Å². The molecule has 2 N–H and O–H groups in total. The zero-order valence-electron chi connectivity index (χ0n) is 9.30. The molecular formula is C12H12N2O2S. The first-order valence-electron chi connectivity index (χ1n) is 5.24. The molecule has 2 rings (SSSR count). The van der Waals surface area contributed by atoms with Crippen molar-refractivity contribution in [2.75, 3.05) is 5.32 Å². The highest BCUT2D eigenvalue weighted by Gasteiger charge is 2.09. The van der Waals surface area contributed by atoms with Crippen LogP contribution in [0.15, 0.2) is 29.6 Å². The molecule has 0 spiro atoms. The minimum absolute atomic E-state index is 0.0754. The van der Waals surface area contributed by atoms with E-state index in [0.717, 1.165) is 12.1 Å².